The number of hydrogen-bond acceptors (Lipinski definition) is 4. The molecular formula is C18H8F4N6. The molecule has 2 aromatic carbocycles. The van der Waals surface area contributed by atoms with Crippen molar-refractivity contribution in [1.82, 2.24) is 29.4 Å². The first-order valence-electron chi connectivity index (χ1n) is 8.02. The van der Waals surface area contributed by atoms with Crippen molar-refractivity contribution in [1.29, 1.82) is 0 Å². The topological polar surface area (TPSA) is 60.9 Å². The number of hydrogen-bond donors (Lipinski definition) is 0. The summed E-state index contributed by atoms with van der Waals surface area (Å²) in [5.41, 5.74) is 0.0679. The van der Waals surface area contributed by atoms with Crippen molar-refractivity contribution >= 4 is 16.7 Å². The van der Waals surface area contributed by atoms with Gasteiger partial charge in [0.2, 0.25) is 0 Å². The fraction of sp³-hybridized carbons (Fsp3) is 0. The molecule has 0 saturated heterocycles. The van der Waals surface area contributed by atoms with Gasteiger partial charge in [0, 0.05) is 11.6 Å². The van der Waals surface area contributed by atoms with E-state index in [9.17, 15) is 17.6 Å². The van der Waals surface area contributed by atoms with E-state index in [-0.39, 0.29) is 11.7 Å². The number of aromatic nitrogens is 6. The highest BCUT2D eigenvalue weighted by molar-refractivity contribution is 5.90. The molecule has 0 aliphatic rings. The van der Waals surface area contributed by atoms with E-state index >= 15 is 0 Å². The fourth-order valence-electron chi connectivity index (χ4n) is 2.94. The van der Waals surface area contributed by atoms with Gasteiger partial charge in [0.15, 0.2) is 40.4 Å². The lowest BCUT2D eigenvalue weighted by Gasteiger charge is -2.07. The van der Waals surface area contributed by atoms with Crippen molar-refractivity contribution in [3.63, 3.8) is 0 Å². The first-order valence-corrected chi connectivity index (χ1v) is 8.02. The van der Waals surface area contributed by atoms with Crippen LogP contribution in [0.1, 0.15) is 0 Å². The summed E-state index contributed by atoms with van der Waals surface area (Å²) >= 11 is 0. The van der Waals surface area contributed by atoms with E-state index in [0.29, 0.717) is 21.5 Å². The third-order valence-corrected chi connectivity index (χ3v) is 4.24. The molecule has 0 spiro atoms. The third kappa shape index (κ3) is 2.27. The van der Waals surface area contributed by atoms with Gasteiger partial charge >= 0.3 is 0 Å². The molecule has 138 valence electrons. The van der Waals surface area contributed by atoms with E-state index in [0.717, 1.165) is 5.56 Å². The van der Waals surface area contributed by atoms with Gasteiger partial charge in [0.1, 0.15) is 12.0 Å². The first-order chi connectivity index (χ1) is 13.5. The standard InChI is InChI=1S/C18H8F4N6/c19-11-6-12(20)14(22)15(13(11)21)28-17-10(7-24-28)18-25-16(26-27(18)8-23-17)9-4-2-1-3-5-9/h1-8H. The van der Waals surface area contributed by atoms with Gasteiger partial charge in [-0.2, -0.15) is 5.10 Å². The van der Waals surface area contributed by atoms with Crippen molar-refractivity contribution in [2.75, 3.05) is 0 Å². The van der Waals surface area contributed by atoms with Crippen LogP contribution in [-0.2, 0) is 0 Å². The van der Waals surface area contributed by atoms with Crippen LogP contribution in [0, 0.1) is 23.3 Å². The largest absolute Gasteiger partial charge is 0.216 e. The molecule has 3 heterocycles. The predicted molar refractivity (Wildman–Crippen MR) is 90.7 cm³/mol. The lowest BCUT2D eigenvalue weighted by atomic mass is 10.2. The summed E-state index contributed by atoms with van der Waals surface area (Å²) in [6.07, 6.45) is 2.53. The summed E-state index contributed by atoms with van der Waals surface area (Å²) in [4.78, 5) is 8.50. The Morgan fingerprint density at radius 2 is 1.57 bits per heavy atom. The molecule has 10 heteroatoms. The molecule has 5 rings (SSSR count). The van der Waals surface area contributed by atoms with Crippen molar-refractivity contribution < 1.29 is 17.6 Å². The van der Waals surface area contributed by atoms with E-state index in [1.807, 2.05) is 30.3 Å². The molecule has 3 aromatic heterocycles. The Balaban J connectivity index is 1.77. The maximum Gasteiger partial charge on any atom is 0.187 e. The van der Waals surface area contributed by atoms with Gasteiger partial charge < -0.3 is 0 Å². The van der Waals surface area contributed by atoms with Crippen molar-refractivity contribution in [3.05, 3.63) is 72.2 Å². The normalized spacial score (nSPS) is 11.6. The summed E-state index contributed by atoms with van der Waals surface area (Å²) in [7, 11) is 0. The van der Waals surface area contributed by atoms with E-state index in [1.54, 1.807) is 0 Å². The van der Waals surface area contributed by atoms with Crippen LogP contribution in [0.4, 0.5) is 17.6 Å². The lowest BCUT2D eigenvalue weighted by Crippen LogP contribution is -2.08. The molecule has 28 heavy (non-hydrogen) atoms. The van der Waals surface area contributed by atoms with Crippen molar-refractivity contribution in [3.8, 4) is 17.1 Å². The second-order valence-electron chi connectivity index (χ2n) is 5.92. The van der Waals surface area contributed by atoms with Crippen molar-refractivity contribution in [2.45, 2.75) is 0 Å². The number of benzene rings is 2. The highest BCUT2D eigenvalue weighted by Gasteiger charge is 2.24. The highest BCUT2D eigenvalue weighted by Crippen LogP contribution is 2.27. The van der Waals surface area contributed by atoms with E-state index < -0.39 is 29.0 Å². The first kappa shape index (κ1) is 16.4. The zero-order valence-corrected chi connectivity index (χ0v) is 13.8. The highest BCUT2D eigenvalue weighted by atomic mass is 19.2. The van der Waals surface area contributed by atoms with Crippen LogP contribution in [0.5, 0.6) is 0 Å². The molecule has 0 aliphatic carbocycles. The second-order valence-corrected chi connectivity index (χ2v) is 5.92. The Morgan fingerprint density at radius 1 is 0.857 bits per heavy atom. The summed E-state index contributed by atoms with van der Waals surface area (Å²) < 4.78 is 57.6. The molecule has 0 bridgehead atoms. The van der Waals surface area contributed by atoms with Crippen molar-refractivity contribution in [2.24, 2.45) is 0 Å². The third-order valence-electron chi connectivity index (χ3n) is 4.24. The van der Waals surface area contributed by atoms with Gasteiger partial charge in [-0.25, -0.2) is 36.7 Å². The maximum atomic E-state index is 14.2. The minimum Gasteiger partial charge on any atom is -0.216 e. The molecule has 5 aromatic rings. The SMILES string of the molecule is Fc1cc(F)c(F)c(-n2ncc3c2ncn2nc(-c4ccccc4)nc32)c1F. The zero-order valence-electron chi connectivity index (χ0n) is 13.8. The average molecular weight is 384 g/mol. The minimum atomic E-state index is -1.57. The van der Waals surface area contributed by atoms with E-state index in [1.165, 1.54) is 17.0 Å². The molecule has 6 nitrogen and oxygen atoms in total. The molecule has 0 saturated carbocycles. The van der Waals surface area contributed by atoms with Crippen LogP contribution in [0.2, 0.25) is 0 Å². The Hall–Kier alpha value is -3.82. The lowest BCUT2D eigenvalue weighted by molar-refractivity contribution is 0.445. The Labute approximate surface area is 153 Å². The molecule has 0 N–H and O–H groups in total. The Morgan fingerprint density at radius 3 is 2.29 bits per heavy atom. The predicted octanol–water partition coefficient (Wildman–Crippen LogP) is 3.69. The van der Waals surface area contributed by atoms with Crippen LogP contribution in [0.15, 0.2) is 48.9 Å². The smallest absolute Gasteiger partial charge is 0.187 e. The average Bonchev–Trinajstić information content (AvgIpc) is 3.31. The van der Waals surface area contributed by atoms with Gasteiger partial charge in [0.05, 0.1) is 11.6 Å². The summed E-state index contributed by atoms with van der Waals surface area (Å²) in [6, 6.07) is 9.29. The number of fused-ring (bicyclic) bond motifs is 3. The van der Waals surface area contributed by atoms with Crippen LogP contribution in [-0.4, -0.2) is 29.4 Å². The van der Waals surface area contributed by atoms with Gasteiger partial charge in [0.25, 0.3) is 0 Å². The number of halogens is 4. The Kier molecular flexibility index (Phi) is 3.41. The van der Waals surface area contributed by atoms with E-state index in [2.05, 4.69) is 20.2 Å². The van der Waals surface area contributed by atoms with Crippen LogP contribution < -0.4 is 0 Å². The number of rotatable bonds is 2. The van der Waals surface area contributed by atoms with Gasteiger partial charge in [-0.15, -0.1) is 5.10 Å². The zero-order chi connectivity index (χ0) is 19.4. The minimum absolute atomic E-state index is 0.0256. The summed E-state index contributed by atoms with van der Waals surface area (Å²) in [5.74, 6) is -5.80. The molecular weight excluding hydrogens is 376 g/mol. The quantitative estimate of drug-likeness (QED) is 0.344. The Bertz CT molecular complexity index is 1330. The summed E-state index contributed by atoms with van der Waals surface area (Å²) in [5, 5.41) is 8.48. The fourth-order valence-corrected chi connectivity index (χ4v) is 2.94. The van der Waals surface area contributed by atoms with Gasteiger partial charge in [-0.05, 0) is 0 Å². The monoisotopic (exact) mass is 384 g/mol. The summed E-state index contributed by atoms with van der Waals surface area (Å²) in [6.45, 7) is 0. The molecule has 0 atom stereocenters. The molecule has 0 fully saturated rings. The van der Waals surface area contributed by atoms with Crippen LogP contribution >= 0.6 is 0 Å². The second kappa shape index (κ2) is 5.84. The van der Waals surface area contributed by atoms with Crippen LogP contribution in [0.3, 0.4) is 0 Å². The molecule has 0 unspecified atom stereocenters. The van der Waals surface area contributed by atoms with Gasteiger partial charge in [-0.3, -0.25) is 0 Å². The molecule has 0 amide bonds. The molecule has 0 aliphatic heterocycles. The number of nitrogens with zero attached hydrogens (tertiary/aromatic N) is 6. The maximum absolute atomic E-state index is 14.2. The van der Waals surface area contributed by atoms with Crippen LogP contribution in [0.25, 0.3) is 33.8 Å². The molecule has 0 radical (unpaired) electrons. The van der Waals surface area contributed by atoms with Gasteiger partial charge in [-0.1, -0.05) is 30.3 Å². The van der Waals surface area contributed by atoms with E-state index in [4.69, 9.17) is 0 Å².